The first-order valence-corrected chi connectivity index (χ1v) is 7.55. The number of hydrogen-bond acceptors (Lipinski definition) is 4. The molecule has 2 aromatic rings. The SMILES string of the molecule is COC(=O)c1scc(C)c1NC(=O)C1Cc2ccccc21. The molecule has 1 N–H and O–H groups in total. The van der Waals surface area contributed by atoms with Crippen LogP contribution < -0.4 is 5.32 Å². The monoisotopic (exact) mass is 301 g/mol. The molecule has 1 unspecified atom stereocenters. The van der Waals surface area contributed by atoms with Crippen LogP contribution in [0.3, 0.4) is 0 Å². The molecule has 1 aliphatic rings. The molecule has 1 aromatic heterocycles. The lowest BCUT2D eigenvalue weighted by atomic mass is 9.77. The van der Waals surface area contributed by atoms with Crippen molar-refractivity contribution in [3.05, 3.63) is 51.2 Å². The normalized spacial score (nSPS) is 15.8. The summed E-state index contributed by atoms with van der Waals surface area (Å²) in [5.41, 5.74) is 3.73. The molecule has 0 spiro atoms. The van der Waals surface area contributed by atoms with Gasteiger partial charge in [0.1, 0.15) is 4.88 Å². The van der Waals surface area contributed by atoms with Crippen LogP contribution in [0.25, 0.3) is 0 Å². The molecule has 1 atom stereocenters. The molecular formula is C16H15NO3S. The van der Waals surface area contributed by atoms with Gasteiger partial charge in [0.05, 0.1) is 18.7 Å². The third-order valence-electron chi connectivity index (χ3n) is 3.76. The van der Waals surface area contributed by atoms with Crippen LogP contribution in [0, 0.1) is 6.92 Å². The van der Waals surface area contributed by atoms with E-state index in [1.807, 2.05) is 36.6 Å². The highest BCUT2D eigenvalue weighted by atomic mass is 32.1. The van der Waals surface area contributed by atoms with Gasteiger partial charge in [-0.3, -0.25) is 4.79 Å². The number of fused-ring (bicyclic) bond motifs is 1. The number of ether oxygens (including phenoxy) is 1. The van der Waals surface area contributed by atoms with Crippen LogP contribution in [0.15, 0.2) is 29.6 Å². The largest absolute Gasteiger partial charge is 0.465 e. The molecule has 21 heavy (non-hydrogen) atoms. The minimum atomic E-state index is -0.419. The van der Waals surface area contributed by atoms with E-state index in [-0.39, 0.29) is 11.8 Å². The number of nitrogens with one attached hydrogen (secondary N) is 1. The molecule has 0 saturated carbocycles. The number of thiophene rings is 1. The summed E-state index contributed by atoms with van der Waals surface area (Å²) in [6.45, 7) is 1.87. The highest BCUT2D eigenvalue weighted by molar-refractivity contribution is 7.12. The van der Waals surface area contributed by atoms with E-state index in [1.165, 1.54) is 24.0 Å². The summed E-state index contributed by atoms with van der Waals surface area (Å²) in [6.07, 6.45) is 0.749. The first kappa shape index (κ1) is 13.8. The van der Waals surface area contributed by atoms with Gasteiger partial charge in [-0.05, 0) is 35.4 Å². The summed E-state index contributed by atoms with van der Waals surface area (Å²) >= 11 is 1.28. The van der Waals surface area contributed by atoms with Crippen molar-refractivity contribution < 1.29 is 14.3 Å². The van der Waals surface area contributed by atoms with Crippen molar-refractivity contribution in [3.63, 3.8) is 0 Å². The van der Waals surface area contributed by atoms with Crippen molar-refractivity contribution in [2.45, 2.75) is 19.3 Å². The Morgan fingerprint density at radius 3 is 2.81 bits per heavy atom. The number of aryl methyl sites for hydroxylation is 1. The molecule has 5 heteroatoms. The maximum absolute atomic E-state index is 12.4. The Hall–Kier alpha value is -2.14. The topological polar surface area (TPSA) is 55.4 Å². The average molecular weight is 301 g/mol. The number of benzene rings is 1. The fourth-order valence-corrected chi connectivity index (χ4v) is 3.47. The number of anilines is 1. The first-order valence-electron chi connectivity index (χ1n) is 6.67. The van der Waals surface area contributed by atoms with Gasteiger partial charge in [-0.1, -0.05) is 24.3 Å². The van der Waals surface area contributed by atoms with E-state index in [9.17, 15) is 9.59 Å². The predicted octanol–water partition coefficient (Wildman–Crippen LogP) is 3.12. The van der Waals surface area contributed by atoms with Crippen LogP contribution in [-0.4, -0.2) is 19.0 Å². The number of methoxy groups -OCH3 is 1. The lowest BCUT2D eigenvalue weighted by Crippen LogP contribution is -2.30. The third kappa shape index (κ3) is 2.34. The van der Waals surface area contributed by atoms with Gasteiger partial charge in [0.2, 0.25) is 5.91 Å². The van der Waals surface area contributed by atoms with Gasteiger partial charge in [-0.25, -0.2) is 4.79 Å². The smallest absolute Gasteiger partial charge is 0.350 e. The Kier molecular flexibility index (Phi) is 3.51. The number of hydrogen-bond donors (Lipinski definition) is 1. The van der Waals surface area contributed by atoms with E-state index in [2.05, 4.69) is 5.32 Å². The second kappa shape index (κ2) is 5.33. The van der Waals surface area contributed by atoms with E-state index in [1.54, 1.807) is 0 Å². The van der Waals surface area contributed by atoms with Crippen LogP contribution in [0.1, 0.15) is 32.3 Å². The zero-order chi connectivity index (χ0) is 15.0. The van der Waals surface area contributed by atoms with Crippen LogP contribution >= 0.6 is 11.3 Å². The van der Waals surface area contributed by atoms with E-state index in [0.717, 1.165) is 17.5 Å². The molecule has 108 valence electrons. The molecule has 0 radical (unpaired) electrons. The number of carbonyl (C=O) groups excluding carboxylic acids is 2. The van der Waals surface area contributed by atoms with E-state index >= 15 is 0 Å². The van der Waals surface area contributed by atoms with Crippen molar-refractivity contribution in [1.82, 2.24) is 0 Å². The quantitative estimate of drug-likeness (QED) is 0.886. The molecule has 0 aliphatic heterocycles. The highest BCUT2D eigenvalue weighted by Crippen LogP contribution is 2.37. The molecular weight excluding hydrogens is 286 g/mol. The van der Waals surface area contributed by atoms with Gasteiger partial charge in [-0.2, -0.15) is 0 Å². The summed E-state index contributed by atoms with van der Waals surface area (Å²) in [7, 11) is 1.34. The Morgan fingerprint density at radius 2 is 2.10 bits per heavy atom. The summed E-state index contributed by atoms with van der Waals surface area (Å²) in [5.74, 6) is -0.622. The number of amides is 1. The van der Waals surface area contributed by atoms with Crippen molar-refractivity contribution >= 4 is 28.9 Å². The molecule has 0 bridgehead atoms. The molecule has 1 heterocycles. The minimum absolute atomic E-state index is 0.0691. The first-order chi connectivity index (χ1) is 10.1. The predicted molar refractivity (Wildman–Crippen MR) is 81.9 cm³/mol. The molecule has 1 aromatic carbocycles. The van der Waals surface area contributed by atoms with Gasteiger partial charge in [0.15, 0.2) is 0 Å². The van der Waals surface area contributed by atoms with Gasteiger partial charge in [0.25, 0.3) is 0 Å². The van der Waals surface area contributed by atoms with Crippen molar-refractivity contribution in [1.29, 1.82) is 0 Å². The average Bonchev–Trinajstić information content (AvgIpc) is 2.81. The molecule has 3 rings (SSSR count). The summed E-state index contributed by atoms with van der Waals surface area (Å²) in [5, 5.41) is 4.73. The number of esters is 1. The second-order valence-electron chi connectivity index (χ2n) is 5.06. The Bertz CT molecular complexity index is 720. The van der Waals surface area contributed by atoms with Crippen molar-refractivity contribution in [2.75, 3.05) is 12.4 Å². The molecule has 4 nitrogen and oxygen atoms in total. The number of carbonyl (C=O) groups is 2. The standard InChI is InChI=1S/C16H15NO3S/c1-9-8-21-14(16(19)20-2)13(9)17-15(18)12-7-10-5-3-4-6-11(10)12/h3-6,8,12H,7H2,1-2H3,(H,17,18). The van der Waals surface area contributed by atoms with Crippen LogP contribution in [0.4, 0.5) is 5.69 Å². The fourth-order valence-electron chi connectivity index (χ4n) is 2.55. The highest BCUT2D eigenvalue weighted by Gasteiger charge is 2.32. The number of rotatable bonds is 3. The van der Waals surface area contributed by atoms with Crippen molar-refractivity contribution in [2.24, 2.45) is 0 Å². The second-order valence-corrected chi connectivity index (χ2v) is 5.94. The summed E-state index contributed by atoms with van der Waals surface area (Å²) < 4.78 is 4.75. The molecule has 0 fully saturated rings. The Labute approximate surface area is 126 Å². The van der Waals surface area contributed by atoms with E-state index < -0.39 is 5.97 Å². The van der Waals surface area contributed by atoms with Crippen molar-refractivity contribution in [3.8, 4) is 0 Å². The molecule has 1 aliphatic carbocycles. The van der Waals surface area contributed by atoms with Crippen LogP contribution in [0.5, 0.6) is 0 Å². The molecule has 0 saturated heterocycles. The van der Waals surface area contributed by atoms with E-state index in [0.29, 0.717) is 10.6 Å². The minimum Gasteiger partial charge on any atom is -0.465 e. The zero-order valence-corrected chi connectivity index (χ0v) is 12.6. The zero-order valence-electron chi connectivity index (χ0n) is 11.8. The maximum atomic E-state index is 12.4. The maximum Gasteiger partial charge on any atom is 0.350 e. The Morgan fingerprint density at radius 1 is 1.33 bits per heavy atom. The van der Waals surface area contributed by atoms with Crippen LogP contribution in [0.2, 0.25) is 0 Å². The van der Waals surface area contributed by atoms with E-state index in [4.69, 9.17) is 4.74 Å². The lowest BCUT2D eigenvalue weighted by molar-refractivity contribution is -0.118. The summed E-state index contributed by atoms with van der Waals surface area (Å²) in [4.78, 5) is 24.6. The molecule has 1 amide bonds. The van der Waals surface area contributed by atoms with Gasteiger partial charge < -0.3 is 10.1 Å². The van der Waals surface area contributed by atoms with Crippen LogP contribution in [-0.2, 0) is 16.0 Å². The van der Waals surface area contributed by atoms with Gasteiger partial charge >= 0.3 is 5.97 Å². The van der Waals surface area contributed by atoms with Gasteiger partial charge in [0, 0.05) is 0 Å². The fraction of sp³-hybridized carbons (Fsp3) is 0.250. The summed E-state index contributed by atoms with van der Waals surface area (Å²) in [6, 6.07) is 7.93. The van der Waals surface area contributed by atoms with Gasteiger partial charge in [-0.15, -0.1) is 11.3 Å². The lowest BCUT2D eigenvalue weighted by Gasteiger charge is -2.29. The Balaban J connectivity index is 1.81. The third-order valence-corrected chi connectivity index (χ3v) is 4.84.